The van der Waals surface area contributed by atoms with Crippen LogP contribution in [0.2, 0.25) is 0 Å². The number of nitrogens with one attached hydrogen (secondary N) is 2. The van der Waals surface area contributed by atoms with Gasteiger partial charge in [-0.05, 0) is 70.2 Å². The first-order valence-corrected chi connectivity index (χ1v) is 11.4. The van der Waals surface area contributed by atoms with E-state index in [4.69, 9.17) is 0 Å². The first kappa shape index (κ1) is 24.4. The molecule has 0 saturated heterocycles. The molecule has 3 N–H and O–H groups in total. The number of benzene rings is 3. The lowest BCUT2D eigenvalue weighted by molar-refractivity contribution is 0.0830. The van der Waals surface area contributed by atoms with E-state index in [1.165, 1.54) is 23.8 Å². The molecule has 0 aliphatic rings. The molecule has 2 atom stereocenters. The van der Waals surface area contributed by atoms with Gasteiger partial charge in [-0.1, -0.05) is 31.2 Å². The average Bonchev–Trinajstić information content (AvgIpc) is 3.31. The van der Waals surface area contributed by atoms with Gasteiger partial charge in [0.1, 0.15) is 22.7 Å². The first-order valence-electron chi connectivity index (χ1n) is 11.4. The number of carbonyl (C=O) groups is 1. The predicted octanol–water partition coefficient (Wildman–Crippen LogP) is 3.56. The van der Waals surface area contributed by atoms with Crippen molar-refractivity contribution in [2.45, 2.75) is 38.5 Å². The molecule has 1 heterocycles. The van der Waals surface area contributed by atoms with Crippen LogP contribution in [0.15, 0.2) is 65.3 Å². The fourth-order valence-electron chi connectivity index (χ4n) is 3.91. The summed E-state index contributed by atoms with van der Waals surface area (Å²) >= 11 is 0. The Hall–Kier alpha value is -3.69. The van der Waals surface area contributed by atoms with Gasteiger partial charge in [0.25, 0.3) is 5.91 Å². The summed E-state index contributed by atoms with van der Waals surface area (Å²) in [7, 11) is 0. The normalized spacial score (nSPS) is 13.0. The fraction of sp³-hybridized carbons (Fsp3) is 0.269. The van der Waals surface area contributed by atoms with Gasteiger partial charge in [0.2, 0.25) is 0 Å². The Bertz CT molecular complexity index is 1290. The van der Waals surface area contributed by atoms with E-state index in [1.807, 2.05) is 12.1 Å². The second kappa shape index (κ2) is 11.2. The average molecular weight is 481 g/mol. The third kappa shape index (κ3) is 6.46. The van der Waals surface area contributed by atoms with Gasteiger partial charge in [0.05, 0.1) is 12.1 Å². The highest BCUT2D eigenvalue weighted by Crippen LogP contribution is 2.15. The van der Waals surface area contributed by atoms with E-state index in [2.05, 4.69) is 44.6 Å². The summed E-state index contributed by atoms with van der Waals surface area (Å²) in [6.07, 6.45) is -0.0788. The van der Waals surface area contributed by atoms with Crippen molar-refractivity contribution in [2.24, 2.45) is 0 Å². The second-order valence-electron chi connectivity index (χ2n) is 8.40. The number of amides is 1. The van der Waals surface area contributed by atoms with Crippen LogP contribution in [0, 0.1) is 11.6 Å². The molecule has 0 aliphatic heterocycles. The highest BCUT2D eigenvalue weighted by molar-refractivity contribution is 5.97. The van der Waals surface area contributed by atoms with E-state index in [9.17, 15) is 18.7 Å². The molecule has 4 aromatic rings. The topological polar surface area (TPSA) is 100 Å². The van der Waals surface area contributed by atoms with Gasteiger partial charge < -0.3 is 15.7 Å². The lowest BCUT2D eigenvalue weighted by Gasteiger charge is -2.25. The van der Waals surface area contributed by atoms with Crippen LogP contribution in [0.1, 0.15) is 34.0 Å². The number of aryl methyl sites for hydroxylation is 1. The molecule has 0 fully saturated rings. The number of aliphatic hydroxyl groups excluding tert-OH is 1. The SMILES string of the molecule is CCc1cccc(CNC[C@@H](O)[C@H](Cc2cc(F)cc(F)c2)NC(=O)c2ccc3nonc3c2)c1. The Morgan fingerprint density at radius 2 is 1.71 bits per heavy atom. The van der Waals surface area contributed by atoms with Crippen LogP contribution < -0.4 is 10.6 Å². The van der Waals surface area contributed by atoms with Crippen LogP contribution >= 0.6 is 0 Å². The van der Waals surface area contributed by atoms with Crippen molar-refractivity contribution in [2.75, 3.05) is 6.54 Å². The molecule has 35 heavy (non-hydrogen) atoms. The molecule has 9 heteroatoms. The third-order valence-corrected chi connectivity index (χ3v) is 5.76. The summed E-state index contributed by atoms with van der Waals surface area (Å²) in [6.45, 7) is 2.76. The molecular formula is C26H26F2N4O3. The summed E-state index contributed by atoms with van der Waals surface area (Å²) in [6, 6.07) is 15.1. The molecule has 1 amide bonds. The largest absolute Gasteiger partial charge is 0.390 e. The van der Waals surface area contributed by atoms with Crippen LogP contribution in [0.5, 0.6) is 0 Å². The number of halogens is 2. The minimum absolute atomic E-state index is 0.0301. The molecule has 0 spiro atoms. The van der Waals surface area contributed by atoms with Crippen molar-refractivity contribution >= 4 is 16.9 Å². The van der Waals surface area contributed by atoms with E-state index in [0.717, 1.165) is 18.1 Å². The van der Waals surface area contributed by atoms with Crippen molar-refractivity contribution in [1.29, 1.82) is 0 Å². The van der Waals surface area contributed by atoms with Crippen LogP contribution in [0.3, 0.4) is 0 Å². The lowest BCUT2D eigenvalue weighted by atomic mass is 10.00. The Morgan fingerprint density at radius 3 is 2.49 bits per heavy atom. The van der Waals surface area contributed by atoms with Gasteiger partial charge in [-0.3, -0.25) is 4.79 Å². The molecule has 0 saturated carbocycles. The molecular weight excluding hydrogens is 454 g/mol. The summed E-state index contributed by atoms with van der Waals surface area (Å²) in [5.74, 6) is -1.92. The minimum Gasteiger partial charge on any atom is -0.390 e. The quantitative estimate of drug-likeness (QED) is 0.321. The van der Waals surface area contributed by atoms with E-state index in [-0.39, 0.29) is 13.0 Å². The van der Waals surface area contributed by atoms with E-state index < -0.39 is 29.7 Å². The van der Waals surface area contributed by atoms with Crippen molar-refractivity contribution in [3.05, 3.63) is 94.6 Å². The van der Waals surface area contributed by atoms with Crippen molar-refractivity contribution in [3.63, 3.8) is 0 Å². The number of fused-ring (bicyclic) bond motifs is 1. The van der Waals surface area contributed by atoms with Gasteiger partial charge in [-0.15, -0.1) is 0 Å². The summed E-state index contributed by atoms with van der Waals surface area (Å²) in [5.41, 5.74) is 3.81. The molecule has 4 rings (SSSR count). The Kier molecular flexibility index (Phi) is 7.79. The first-order chi connectivity index (χ1) is 16.9. The maximum Gasteiger partial charge on any atom is 0.251 e. The molecule has 3 aromatic carbocycles. The smallest absolute Gasteiger partial charge is 0.251 e. The number of aliphatic hydroxyl groups is 1. The van der Waals surface area contributed by atoms with Gasteiger partial charge in [0.15, 0.2) is 0 Å². The molecule has 0 bridgehead atoms. The number of carbonyl (C=O) groups excluding carboxylic acids is 1. The van der Waals surface area contributed by atoms with Crippen LogP contribution in [-0.4, -0.2) is 40.0 Å². The maximum atomic E-state index is 13.8. The summed E-state index contributed by atoms with van der Waals surface area (Å²) < 4.78 is 32.2. The molecule has 182 valence electrons. The maximum absolute atomic E-state index is 13.8. The van der Waals surface area contributed by atoms with E-state index in [1.54, 1.807) is 12.1 Å². The zero-order chi connectivity index (χ0) is 24.8. The zero-order valence-electron chi connectivity index (χ0n) is 19.2. The second-order valence-corrected chi connectivity index (χ2v) is 8.40. The highest BCUT2D eigenvalue weighted by Gasteiger charge is 2.23. The van der Waals surface area contributed by atoms with Gasteiger partial charge >= 0.3 is 0 Å². The van der Waals surface area contributed by atoms with Gasteiger partial charge in [0, 0.05) is 24.7 Å². The van der Waals surface area contributed by atoms with Crippen LogP contribution in [-0.2, 0) is 19.4 Å². The molecule has 0 unspecified atom stereocenters. The highest BCUT2D eigenvalue weighted by atomic mass is 19.1. The Balaban J connectivity index is 1.47. The third-order valence-electron chi connectivity index (χ3n) is 5.76. The lowest BCUT2D eigenvalue weighted by Crippen LogP contribution is -2.48. The fourth-order valence-corrected chi connectivity index (χ4v) is 3.91. The molecule has 1 aromatic heterocycles. The standard InChI is InChI=1S/C26H26F2N4O3/c1-2-16-4-3-5-17(8-16)14-29-15-25(33)24(11-18-9-20(27)13-21(28)10-18)30-26(34)19-6-7-22-23(12-19)32-35-31-22/h3-10,12-13,24-25,29,33H,2,11,14-15H2,1H3,(H,30,34)/t24-,25+/m0/s1. The summed E-state index contributed by atoms with van der Waals surface area (Å²) in [4.78, 5) is 12.9. The van der Waals surface area contributed by atoms with Crippen molar-refractivity contribution in [1.82, 2.24) is 20.9 Å². The Morgan fingerprint density at radius 1 is 0.971 bits per heavy atom. The van der Waals surface area contributed by atoms with Gasteiger partial charge in [-0.2, -0.15) is 0 Å². The summed E-state index contributed by atoms with van der Waals surface area (Å²) in [5, 5.41) is 24.4. The van der Waals surface area contributed by atoms with Gasteiger partial charge in [-0.25, -0.2) is 13.4 Å². The van der Waals surface area contributed by atoms with E-state index in [0.29, 0.717) is 28.7 Å². The number of rotatable bonds is 10. The predicted molar refractivity (Wildman–Crippen MR) is 127 cm³/mol. The molecule has 7 nitrogen and oxygen atoms in total. The monoisotopic (exact) mass is 480 g/mol. The number of nitrogens with zero attached hydrogens (tertiary/aromatic N) is 2. The number of hydrogen-bond acceptors (Lipinski definition) is 6. The van der Waals surface area contributed by atoms with E-state index >= 15 is 0 Å². The minimum atomic E-state index is -1.03. The van der Waals surface area contributed by atoms with Crippen LogP contribution in [0.25, 0.3) is 11.0 Å². The van der Waals surface area contributed by atoms with Crippen molar-refractivity contribution in [3.8, 4) is 0 Å². The van der Waals surface area contributed by atoms with Crippen LogP contribution in [0.4, 0.5) is 8.78 Å². The number of hydrogen-bond donors (Lipinski definition) is 3. The number of aromatic nitrogens is 2. The zero-order valence-corrected chi connectivity index (χ0v) is 19.2. The Labute approximate surface area is 201 Å². The van der Waals surface area contributed by atoms with Crippen molar-refractivity contribution < 1.29 is 23.3 Å². The molecule has 0 radical (unpaired) electrons. The molecule has 0 aliphatic carbocycles.